The Morgan fingerprint density at radius 1 is 1.09 bits per heavy atom. The molecule has 4 aromatic rings. The van der Waals surface area contributed by atoms with Crippen LogP contribution in [0, 0.1) is 0 Å². The van der Waals surface area contributed by atoms with Gasteiger partial charge in [-0.1, -0.05) is 12.1 Å². The molecular formula is C25H26N4O5S. The fourth-order valence-electron chi connectivity index (χ4n) is 4.83. The van der Waals surface area contributed by atoms with Gasteiger partial charge in [0.2, 0.25) is 0 Å². The van der Waals surface area contributed by atoms with Crippen molar-refractivity contribution in [3.63, 3.8) is 0 Å². The zero-order valence-electron chi connectivity index (χ0n) is 19.3. The van der Waals surface area contributed by atoms with Crippen molar-refractivity contribution in [2.75, 3.05) is 38.2 Å². The van der Waals surface area contributed by atoms with E-state index >= 15 is 0 Å². The van der Waals surface area contributed by atoms with Crippen LogP contribution >= 0.6 is 11.5 Å². The second kappa shape index (κ2) is 9.55. The van der Waals surface area contributed by atoms with Crippen LogP contribution in [0.1, 0.15) is 18.0 Å². The standard InChI is InChI=1S/C25H26N4O5S/c1-34-16-6-7-20-18(14-16)19(15-29(20)9-8-22(30)31)23(25(32)33)27-10-12-28(13-11-27)24-17-4-2-3-5-21(17)35-26-24/h2-7,14-15,23H,8-13H2,1H3,(H,30,31)(H,32,33)/t23-/m1/s1. The first-order valence-electron chi connectivity index (χ1n) is 11.4. The number of carbonyl (C=O) groups is 2. The maximum absolute atomic E-state index is 12.6. The molecule has 1 aliphatic rings. The van der Waals surface area contributed by atoms with Crippen molar-refractivity contribution in [1.82, 2.24) is 13.8 Å². The van der Waals surface area contributed by atoms with E-state index in [2.05, 4.69) is 21.4 Å². The second-order valence-electron chi connectivity index (χ2n) is 8.57. The molecule has 1 fully saturated rings. The molecule has 0 unspecified atom stereocenters. The van der Waals surface area contributed by atoms with Crippen LogP contribution in [0.15, 0.2) is 48.7 Å². The van der Waals surface area contributed by atoms with Gasteiger partial charge >= 0.3 is 11.9 Å². The van der Waals surface area contributed by atoms with E-state index in [0.717, 1.165) is 26.8 Å². The molecule has 1 atom stereocenters. The van der Waals surface area contributed by atoms with Gasteiger partial charge in [-0.25, -0.2) is 0 Å². The van der Waals surface area contributed by atoms with E-state index in [9.17, 15) is 14.7 Å². The number of carboxylic acids is 2. The molecule has 2 aromatic heterocycles. The molecule has 5 rings (SSSR count). The summed E-state index contributed by atoms with van der Waals surface area (Å²) in [6, 6.07) is 12.8. The molecule has 0 amide bonds. The molecule has 182 valence electrons. The largest absolute Gasteiger partial charge is 0.497 e. The molecular weight excluding hydrogens is 468 g/mol. The summed E-state index contributed by atoms with van der Waals surface area (Å²) in [5.41, 5.74) is 1.44. The number of anilines is 1. The first kappa shape index (κ1) is 23.1. The van der Waals surface area contributed by atoms with Gasteiger partial charge in [0.1, 0.15) is 17.6 Å². The molecule has 0 aliphatic carbocycles. The quantitative estimate of drug-likeness (QED) is 0.382. The van der Waals surface area contributed by atoms with Gasteiger partial charge in [-0.3, -0.25) is 14.5 Å². The number of hydrogen-bond acceptors (Lipinski definition) is 7. The fraction of sp³-hybridized carbons (Fsp3) is 0.320. The molecule has 0 radical (unpaired) electrons. The molecule has 10 heteroatoms. The highest BCUT2D eigenvalue weighted by atomic mass is 32.1. The first-order valence-corrected chi connectivity index (χ1v) is 12.2. The average molecular weight is 495 g/mol. The molecule has 9 nitrogen and oxygen atoms in total. The third-order valence-corrected chi connectivity index (χ3v) is 7.37. The predicted molar refractivity (Wildman–Crippen MR) is 135 cm³/mol. The number of fused-ring (bicyclic) bond motifs is 2. The number of aryl methyl sites for hydroxylation is 1. The van der Waals surface area contributed by atoms with Crippen LogP contribution in [0.3, 0.4) is 0 Å². The third-order valence-electron chi connectivity index (χ3n) is 6.55. The minimum Gasteiger partial charge on any atom is -0.497 e. The summed E-state index contributed by atoms with van der Waals surface area (Å²) in [6.07, 6.45) is 1.74. The van der Waals surface area contributed by atoms with Gasteiger partial charge in [0.15, 0.2) is 0 Å². The number of ether oxygens (including phenoxy) is 1. The van der Waals surface area contributed by atoms with Gasteiger partial charge < -0.3 is 24.4 Å². The summed E-state index contributed by atoms with van der Waals surface area (Å²) in [5, 5.41) is 21.3. The number of nitrogens with zero attached hydrogens (tertiary/aromatic N) is 4. The Bertz CT molecular complexity index is 1390. The Hall–Kier alpha value is -3.63. The van der Waals surface area contributed by atoms with Crippen molar-refractivity contribution < 1.29 is 24.5 Å². The van der Waals surface area contributed by atoms with E-state index in [1.165, 1.54) is 11.5 Å². The van der Waals surface area contributed by atoms with Crippen molar-refractivity contribution in [2.24, 2.45) is 0 Å². The lowest BCUT2D eigenvalue weighted by Crippen LogP contribution is -2.49. The number of aromatic nitrogens is 2. The molecule has 0 spiro atoms. The number of piperazine rings is 1. The summed E-state index contributed by atoms with van der Waals surface area (Å²) < 4.78 is 13.0. The van der Waals surface area contributed by atoms with Crippen LogP contribution in [0.5, 0.6) is 5.75 Å². The van der Waals surface area contributed by atoms with E-state index in [4.69, 9.17) is 9.84 Å². The molecule has 2 N–H and O–H groups in total. The van der Waals surface area contributed by atoms with Crippen LogP contribution in [0.2, 0.25) is 0 Å². The van der Waals surface area contributed by atoms with Crippen molar-refractivity contribution >= 4 is 50.3 Å². The van der Waals surface area contributed by atoms with Gasteiger partial charge in [-0.05, 0) is 41.9 Å². The van der Waals surface area contributed by atoms with Crippen molar-refractivity contribution in [3.8, 4) is 5.75 Å². The monoisotopic (exact) mass is 494 g/mol. The van der Waals surface area contributed by atoms with Gasteiger partial charge in [0.25, 0.3) is 0 Å². The zero-order chi connectivity index (χ0) is 24.5. The van der Waals surface area contributed by atoms with Gasteiger partial charge in [-0.2, -0.15) is 4.37 Å². The highest BCUT2D eigenvalue weighted by Gasteiger charge is 2.33. The Kier molecular flexibility index (Phi) is 6.31. The van der Waals surface area contributed by atoms with Crippen LogP contribution in [-0.2, 0) is 16.1 Å². The Morgan fingerprint density at radius 3 is 2.57 bits per heavy atom. The Morgan fingerprint density at radius 2 is 1.86 bits per heavy atom. The van der Waals surface area contributed by atoms with E-state index in [1.807, 2.05) is 33.7 Å². The molecule has 1 aliphatic heterocycles. The number of rotatable bonds is 8. The summed E-state index contributed by atoms with van der Waals surface area (Å²) in [7, 11) is 1.57. The third kappa shape index (κ3) is 4.42. The zero-order valence-corrected chi connectivity index (χ0v) is 20.1. The smallest absolute Gasteiger partial charge is 0.325 e. The molecule has 0 bridgehead atoms. The number of methoxy groups -OCH3 is 1. The number of aliphatic carboxylic acids is 2. The lowest BCUT2D eigenvalue weighted by molar-refractivity contribution is -0.143. The molecule has 35 heavy (non-hydrogen) atoms. The lowest BCUT2D eigenvalue weighted by Gasteiger charge is -2.38. The average Bonchev–Trinajstić information content (AvgIpc) is 3.45. The maximum atomic E-state index is 12.6. The first-order chi connectivity index (χ1) is 17.0. The van der Waals surface area contributed by atoms with Gasteiger partial charge in [-0.15, -0.1) is 0 Å². The van der Waals surface area contributed by atoms with Crippen molar-refractivity contribution in [3.05, 3.63) is 54.2 Å². The minimum atomic E-state index is -0.933. The summed E-state index contributed by atoms with van der Waals surface area (Å²) >= 11 is 1.47. The fourth-order valence-corrected chi connectivity index (χ4v) is 5.62. The number of benzene rings is 2. The summed E-state index contributed by atoms with van der Waals surface area (Å²) in [6.45, 7) is 2.72. The van der Waals surface area contributed by atoms with Gasteiger partial charge in [0, 0.05) is 60.8 Å². The van der Waals surface area contributed by atoms with Crippen molar-refractivity contribution in [2.45, 2.75) is 19.0 Å². The van der Waals surface area contributed by atoms with E-state index in [-0.39, 0.29) is 13.0 Å². The molecule has 1 saturated heterocycles. The second-order valence-corrected chi connectivity index (χ2v) is 9.38. The Labute approximate surface area is 205 Å². The van der Waals surface area contributed by atoms with E-state index < -0.39 is 18.0 Å². The minimum absolute atomic E-state index is 0.0484. The van der Waals surface area contributed by atoms with Crippen LogP contribution < -0.4 is 9.64 Å². The van der Waals surface area contributed by atoms with Gasteiger partial charge in [0.05, 0.1) is 18.2 Å². The molecule has 3 heterocycles. The predicted octanol–water partition coefficient (Wildman–Crippen LogP) is 3.68. The SMILES string of the molecule is COc1ccc2c(c1)c([C@H](C(=O)O)N1CCN(c3nsc4ccccc34)CC1)cn2CCC(=O)O. The lowest BCUT2D eigenvalue weighted by atomic mass is 10.0. The molecule has 0 saturated carbocycles. The number of carboxylic acid groups (broad SMARTS) is 2. The highest BCUT2D eigenvalue weighted by Crippen LogP contribution is 2.35. The maximum Gasteiger partial charge on any atom is 0.325 e. The van der Waals surface area contributed by atoms with Crippen LogP contribution in [-0.4, -0.2) is 69.3 Å². The Balaban J connectivity index is 1.44. The van der Waals surface area contributed by atoms with E-state index in [1.54, 1.807) is 19.4 Å². The summed E-state index contributed by atoms with van der Waals surface area (Å²) in [5.74, 6) is -0.258. The van der Waals surface area contributed by atoms with Crippen LogP contribution in [0.25, 0.3) is 21.0 Å². The normalized spacial score (nSPS) is 15.5. The van der Waals surface area contributed by atoms with E-state index in [0.29, 0.717) is 37.5 Å². The topological polar surface area (TPSA) is 108 Å². The number of hydrogen-bond donors (Lipinski definition) is 2. The van der Waals surface area contributed by atoms with Crippen LogP contribution in [0.4, 0.5) is 5.82 Å². The van der Waals surface area contributed by atoms with Crippen molar-refractivity contribution in [1.29, 1.82) is 0 Å². The highest BCUT2D eigenvalue weighted by molar-refractivity contribution is 7.13. The summed E-state index contributed by atoms with van der Waals surface area (Å²) in [4.78, 5) is 27.9. The molecule has 2 aromatic carbocycles.